The normalized spacial score (nSPS) is 10.3. The molecule has 0 spiro atoms. The third-order valence-corrected chi connectivity index (χ3v) is 3.84. The van der Waals surface area contributed by atoms with Crippen LogP contribution >= 0.6 is 0 Å². The van der Waals surface area contributed by atoms with Crippen molar-refractivity contribution in [3.63, 3.8) is 0 Å². The molecule has 126 valence electrons. The third kappa shape index (κ3) is 4.59. The lowest BCUT2D eigenvalue weighted by Gasteiger charge is -2.12. The SMILES string of the molecule is Cc1cc(C)c(OCC(=O)NCc2ccc(C(=O)O)cc2)cc1C. The summed E-state index contributed by atoms with van der Waals surface area (Å²) < 4.78 is 5.58. The van der Waals surface area contributed by atoms with E-state index in [0.717, 1.165) is 16.7 Å². The van der Waals surface area contributed by atoms with E-state index in [9.17, 15) is 9.59 Å². The van der Waals surface area contributed by atoms with Crippen LogP contribution in [0.3, 0.4) is 0 Å². The zero-order valence-corrected chi connectivity index (χ0v) is 14.1. The third-order valence-electron chi connectivity index (χ3n) is 3.84. The monoisotopic (exact) mass is 327 g/mol. The zero-order chi connectivity index (χ0) is 17.7. The summed E-state index contributed by atoms with van der Waals surface area (Å²) in [6, 6.07) is 10.4. The van der Waals surface area contributed by atoms with Crippen molar-refractivity contribution in [2.45, 2.75) is 27.3 Å². The second-order valence-electron chi connectivity index (χ2n) is 5.77. The lowest BCUT2D eigenvalue weighted by atomic mass is 10.1. The minimum absolute atomic E-state index is 0.0590. The van der Waals surface area contributed by atoms with E-state index >= 15 is 0 Å². The van der Waals surface area contributed by atoms with E-state index in [1.165, 1.54) is 17.7 Å². The maximum Gasteiger partial charge on any atom is 0.335 e. The van der Waals surface area contributed by atoms with Gasteiger partial charge in [-0.1, -0.05) is 18.2 Å². The second-order valence-corrected chi connectivity index (χ2v) is 5.77. The van der Waals surface area contributed by atoms with Gasteiger partial charge >= 0.3 is 5.97 Å². The molecule has 0 aliphatic heterocycles. The van der Waals surface area contributed by atoms with Crippen LogP contribution in [0.15, 0.2) is 36.4 Å². The summed E-state index contributed by atoms with van der Waals surface area (Å²) in [4.78, 5) is 22.7. The van der Waals surface area contributed by atoms with Crippen LogP contribution in [0.5, 0.6) is 5.75 Å². The van der Waals surface area contributed by atoms with Crippen LogP contribution < -0.4 is 10.1 Å². The molecule has 2 N–H and O–H groups in total. The molecule has 0 unspecified atom stereocenters. The molecule has 0 aromatic heterocycles. The first-order valence-corrected chi connectivity index (χ1v) is 7.66. The minimum Gasteiger partial charge on any atom is -0.483 e. The highest BCUT2D eigenvalue weighted by molar-refractivity contribution is 5.87. The highest BCUT2D eigenvalue weighted by Crippen LogP contribution is 2.22. The van der Waals surface area contributed by atoms with E-state index in [0.29, 0.717) is 12.3 Å². The molecule has 0 aliphatic carbocycles. The van der Waals surface area contributed by atoms with Gasteiger partial charge in [0, 0.05) is 6.54 Å². The van der Waals surface area contributed by atoms with Crippen molar-refractivity contribution < 1.29 is 19.4 Å². The molecule has 0 saturated carbocycles. The molecule has 0 radical (unpaired) electrons. The largest absolute Gasteiger partial charge is 0.483 e. The van der Waals surface area contributed by atoms with Crippen molar-refractivity contribution in [3.05, 3.63) is 64.2 Å². The molecule has 1 amide bonds. The fraction of sp³-hybridized carbons (Fsp3) is 0.263. The van der Waals surface area contributed by atoms with Crippen molar-refractivity contribution in [1.82, 2.24) is 5.32 Å². The molecule has 0 fully saturated rings. The van der Waals surface area contributed by atoms with Crippen LogP contribution in [-0.2, 0) is 11.3 Å². The van der Waals surface area contributed by atoms with Crippen molar-refractivity contribution in [2.75, 3.05) is 6.61 Å². The van der Waals surface area contributed by atoms with Crippen molar-refractivity contribution >= 4 is 11.9 Å². The highest BCUT2D eigenvalue weighted by Gasteiger charge is 2.07. The van der Waals surface area contributed by atoms with Crippen molar-refractivity contribution in [3.8, 4) is 5.75 Å². The van der Waals surface area contributed by atoms with Gasteiger partial charge in [-0.05, 0) is 61.2 Å². The zero-order valence-electron chi connectivity index (χ0n) is 14.1. The lowest BCUT2D eigenvalue weighted by molar-refractivity contribution is -0.123. The van der Waals surface area contributed by atoms with Gasteiger partial charge in [-0.3, -0.25) is 4.79 Å². The molecule has 0 saturated heterocycles. The summed E-state index contributed by atoms with van der Waals surface area (Å²) in [5.41, 5.74) is 4.35. The first-order chi connectivity index (χ1) is 11.4. The van der Waals surface area contributed by atoms with Gasteiger partial charge in [-0.15, -0.1) is 0 Å². The van der Waals surface area contributed by atoms with Crippen LogP contribution in [0.4, 0.5) is 0 Å². The number of rotatable bonds is 6. The number of aromatic carboxylic acids is 1. The summed E-state index contributed by atoms with van der Waals surface area (Å²) in [5, 5.41) is 11.6. The molecule has 2 aromatic rings. The highest BCUT2D eigenvalue weighted by atomic mass is 16.5. The summed E-state index contributed by atoms with van der Waals surface area (Å²) in [7, 11) is 0. The number of hydrogen-bond acceptors (Lipinski definition) is 3. The minimum atomic E-state index is -0.970. The Hall–Kier alpha value is -2.82. The van der Waals surface area contributed by atoms with E-state index in [1.54, 1.807) is 12.1 Å². The number of nitrogens with one attached hydrogen (secondary N) is 1. The smallest absolute Gasteiger partial charge is 0.335 e. The Labute approximate surface area is 141 Å². The summed E-state index contributed by atoms with van der Waals surface area (Å²) in [6.07, 6.45) is 0. The fourth-order valence-corrected chi connectivity index (χ4v) is 2.25. The van der Waals surface area contributed by atoms with Crippen LogP contribution in [0, 0.1) is 20.8 Å². The van der Waals surface area contributed by atoms with Crippen LogP contribution in [0.1, 0.15) is 32.6 Å². The Bertz CT molecular complexity index is 751. The van der Waals surface area contributed by atoms with Gasteiger partial charge in [0.25, 0.3) is 5.91 Å². The number of aryl methyl sites for hydroxylation is 3. The number of carboxylic acids is 1. The molecule has 0 aliphatic rings. The van der Waals surface area contributed by atoms with Crippen LogP contribution in [0.25, 0.3) is 0 Å². The Morgan fingerprint density at radius 2 is 1.62 bits per heavy atom. The number of benzene rings is 2. The number of ether oxygens (including phenoxy) is 1. The molecule has 0 bridgehead atoms. The number of amides is 1. The number of carbonyl (C=O) groups excluding carboxylic acids is 1. The molecule has 2 aromatic carbocycles. The van der Waals surface area contributed by atoms with Gasteiger partial charge in [0.2, 0.25) is 0 Å². The molecule has 5 heteroatoms. The molecular weight excluding hydrogens is 306 g/mol. The number of carbonyl (C=O) groups is 2. The Morgan fingerprint density at radius 1 is 1.00 bits per heavy atom. The maximum atomic E-state index is 11.9. The molecular formula is C19H21NO4. The molecule has 2 rings (SSSR count). The first-order valence-electron chi connectivity index (χ1n) is 7.66. The average molecular weight is 327 g/mol. The maximum absolute atomic E-state index is 11.9. The summed E-state index contributed by atoms with van der Waals surface area (Å²) in [6.45, 7) is 6.26. The van der Waals surface area contributed by atoms with E-state index in [1.807, 2.05) is 32.9 Å². The summed E-state index contributed by atoms with van der Waals surface area (Å²) >= 11 is 0. The van der Waals surface area contributed by atoms with Gasteiger partial charge in [-0.25, -0.2) is 4.79 Å². The second kappa shape index (κ2) is 7.64. The number of carboxylic acid groups (broad SMARTS) is 1. The Morgan fingerprint density at radius 3 is 2.25 bits per heavy atom. The van der Waals surface area contributed by atoms with E-state index in [2.05, 4.69) is 5.32 Å². The molecule has 24 heavy (non-hydrogen) atoms. The van der Waals surface area contributed by atoms with Gasteiger partial charge in [0.15, 0.2) is 6.61 Å². The Kier molecular flexibility index (Phi) is 5.58. The quantitative estimate of drug-likeness (QED) is 0.855. The van der Waals surface area contributed by atoms with Gasteiger partial charge < -0.3 is 15.2 Å². The molecule has 0 atom stereocenters. The first kappa shape index (κ1) is 17.5. The molecule has 0 heterocycles. The predicted molar refractivity (Wildman–Crippen MR) is 91.4 cm³/mol. The number of hydrogen-bond donors (Lipinski definition) is 2. The standard InChI is InChI=1S/C19H21NO4/c1-12-8-14(3)17(9-13(12)2)24-11-18(21)20-10-15-4-6-16(7-5-15)19(22)23/h4-9H,10-11H2,1-3H3,(H,20,21)(H,22,23). The Balaban J connectivity index is 1.85. The van der Waals surface area contributed by atoms with Gasteiger partial charge in [0.05, 0.1) is 5.56 Å². The predicted octanol–water partition coefficient (Wildman–Crippen LogP) is 3.01. The van der Waals surface area contributed by atoms with Crippen molar-refractivity contribution in [1.29, 1.82) is 0 Å². The van der Waals surface area contributed by atoms with Crippen LogP contribution in [0.2, 0.25) is 0 Å². The van der Waals surface area contributed by atoms with Gasteiger partial charge in [0.1, 0.15) is 5.75 Å². The van der Waals surface area contributed by atoms with Crippen molar-refractivity contribution in [2.24, 2.45) is 0 Å². The van der Waals surface area contributed by atoms with Gasteiger partial charge in [-0.2, -0.15) is 0 Å². The summed E-state index contributed by atoms with van der Waals surface area (Å²) in [5.74, 6) is -0.489. The fourth-order valence-electron chi connectivity index (χ4n) is 2.25. The molecule has 5 nitrogen and oxygen atoms in total. The van der Waals surface area contributed by atoms with E-state index in [4.69, 9.17) is 9.84 Å². The van der Waals surface area contributed by atoms with E-state index < -0.39 is 5.97 Å². The lowest BCUT2D eigenvalue weighted by Crippen LogP contribution is -2.28. The van der Waals surface area contributed by atoms with E-state index in [-0.39, 0.29) is 18.1 Å². The topological polar surface area (TPSA) is 75.6 Å². The average Bonchev–Trinajstić information content (AvgIpc) is 2.55. The van der Waals surface area contributed by atoms with Crippen LogP contribution in [-0.4, -0.2) is 23.6 Å².